The van der Waals surface area contributed by atoms with E-state index in [4.69, 9.17) is 11.6 Å². The first-order valence-electron chi connectivity index (χ1n) is 5.75. The first kappa shape index (κ1) is 15.3. The van der Waals surface area contributed by atoms with E-state index in [1.165, 1.54) is 18.3 Å². The Morgan fingerprint density at radius 3 is 2.67 bits per heavy atom. The van der Waals surface area contributed by atoms with E-state index in [1.54, 1.807) is 0 Å². The lowest BCUT2D eigenvalue weighted by atomic mass is 10.1. The van der Waals surface area contributed by atoms with Crippen molar-refractivity contribution in [2.24, 2.45) is 0 Å². The number of alkyl halides is 3. The molecule has 0 spiro atoms. The lowest BCUT2D eigenvalue weighted by molar-refractivity contribution is -0.137. The van der Waals surface area contributed by atoms with Crippen LogP contribution in [0.4, 0.5) is 13.2 Å². The average Bonchev–Trinajstić information content (AvgIpc) is 2.89. The Morgan fingerprint density at radius 2 is 2.14 bits per heavy atom. The molecular formula is C12H10ClF3N4O. The molecule has 0 saturated heterocycles. The Morgan fingerprint density at radius 1 is 1.43 bits per heavy atom. The van der Waals surface area contributed by atoms with Gasteiger partial charge in [0, 0.05) is 7.05 Å². The van der Waals surface area contributed by atoms with Gasteiger partial charge in [-0.05, 0) is 18.2 Å². The molecule has 9 heteroatoms. The highest BCUT2D eigenvalue weighted by atomic mass is 35.5. The summed E-state index contributed by atoms with van der Waals surface area (Å²) in [6.45, 7) is 0.135. The SMILES string of the molecule is CN(Cc1ncn[nH]1)C(=O)c1ccc(C(F)(F)F)cc1Cl. The Hall–Kier alpha value is -2.09. The van der Waals surface area contributed by atoms with E-state index in [1.807, 2.05) is 0 Å². The minimum absolute atomic E-state index is 0.00770. The number of hydrogen-bond donors (Lipinski definition) is 1. The third kappa shape index (κ3) is 3.52. The maximum absolute atomic E-state index is 12.5. The summed E-state index contributed by atoms with van der Waals surface area (Å²) in [5.74, 6) is -0.0565. The van der Waals surface area contributed by atoms with Gasteiger partial charge in [0.05, 0.1) is 22.7 Å². The Bertz CT molecular complexity index is 642. The van der Waals surface area contributed by atoms with Crippen molar-refractivity contribution in [3.05, 3.63) is 46.5 Å². The standard InChI is InChI=1S/C12H10ClF3N4O/c1-20(5-10-17-6-18-19-10)11(21)8-3-2-7(4-9(8)13)12(14,15)16/h2-4,6H,5H2,1H3,(H,17,18,19). The maximum atomic E-state index is 12.5. The van der Waals surface area contributed by atoms with Crippen molar-refractivity contribution in [2.45, 2.75) is 12.7 Å². The molecular weight excluding hydrogens is 309 g/mol. The van der Waals surface area contributed by atoms with Gasteiger partial charge in [-0.2, -0.15) is 18.3 Å². The van der Waals surface area contributed by atoms with Gasteiger partial charge < -0.3 is 4.90 Å². The lowest BCUT2D eigenvalue weighted by Crippen LogP contribution is -2.27. The zero-order valence-electron chi connectivity index (χ0n) is 10.8. The number of nitrogens with one attached hydrogen (secondary N) is 1. The number of carbonyl (C=O) groups excluding carboxylic acids is 1. The molecule has 0 aliphatic rings. The molecule has 5 nitrogen and oxygen atoms in total. The highest BCUT2D eigenvalue weighted by Crippen LogP contribution is 2.32. The summed E-state index contributed by atoms with van der Waals surface area (Å²) in [5, 5.41) is 5.97. The first-order valence-corrected chi connectivity index (χ1v) is 6.13. The minimum Gasteiger partial charge on any atom is -0.334 e. The van der Waals surface area contributed by atoms with Crippen LogP contribution in [-0.2, 0) is 12.7 Å². The van der Waals surface area contributed by atoms with Crippen LogP contribution >= 0.6 is 11.6 Å². The van der Waals surface area contributed by atoms with Gasteiger partial charge in [-0.15, -0.1) is 0 Å². The molecule has 1 N–H and O–H groups in total. The molecule has 112 valence electrons. The number of amides is 1. The Balaban J connectivity index is 2.19. The number of nitrogens with zero attached hydrogens (tertiary/aromatic N) is 3. The molecule has 2 rings (SSSR count). The van der Waals surface area contributed by atoms with Crippen LogP contribution < -0.4 is 0 Å². The van der Waals surface area contributed by atoms with E-state index in [0.717, 1.165) is 18.2 Å². The largest absolute Gasteiger partial charge is 0.416 e. The first-order chi connectivity index (χ1) is 9.79. The van der Waals surface area contributed by atoms with E-state index < -0.39 is 17.6 Å². The summed E-state index contributed by atoms with van der Waals surface area (Å²) in [5.41, 5.74) is -0.909. The van der Waals surface area contributed by atoms with Crippen molar-refractivity contribution in [3.8, 4) is 0 Å². The monoisotopic (exact) mass is 318 g/mol. The molecule has 0 unspecified atom stereocenters. The summed E-state index contributed by atoms with van der Waals surface area (Å²) in [6, 6.07) is 2.61. The number of aromatic nitrogens is 3. The summed E-state index contributed by atoms with van der Waals surface area (Å²) < 4.78 is 37.6. The number of rotatable bonds is 3. The van der Waals surface area contributed by atoms with Crippen LogP contribution in [0.15, 0.2) is 24.5 Å². The third-order valence-electron chi connectivity index (χ3n) is 2.73. The van der Waals surface area contributed by atoms with Crippen LogP contribution in [-0.4, -0.2) is 33.0 Å². The summed E-state index contributed by atoms with van der Waals surface area (Å²) in [7, 11) is 1.48. The average molecular weight is 319 g/mol. The van der Waals surface area contributed by atoms with Gasteiger partial charge in [0.25, 0.3) is 5.91 Å². The highest BCUT2D eigenvalue weighted by Gasteiger charge is 2.31. The van der Waals surface area contributed by atoms with Gasteiger partial charge in [0.1, 0.15) is 12.2 Å². The van der Waals surface area contributed by atoms with Crippen LogP contribution in [0.2, 0.25) is 5.02 Å². The molecule has 0 radical (unpaired) electrons. The van der Waals surface area contributed by atoms with Crippen LogP contribution in [0.3, 0.4) is 0 Å². The predicted molar refractivity (Wildman–Crippen MR) is 68.6 cm³/mol. The third-order valence-corrected chi connectivity index (χ3v) is 3.04. The van der Waals surface area contributed by atoms with Gasteiger partial charge in [0.15, 0.2) is 0 Å². The number of H-pyrrole nitrogens is 1. The molecule has 0 aliphatic heterocycles. The van der Waals surface area contributed by atoms with Gasteiger partial charge in [-0.3, -0.25) is 9.89 Å². The molecule has 0 bridgehead atoms. The van der Waals surface area contributed by atoms with Crippen molar-refractivity contribution in [1.82, 2.24) is 20.1 Å². The molecule has 0 saturated carbocycles. The molecule has 0 aliphatic carbocycles. The fraction of sp³-hybridized carbons (Fsp3) is 0.250. The number of hydrogen-bond acceptors (Lipinski definition) is 3. The lowest BCUT2D eigenvalue weighted by Gasteiger charge is -2.17. The number of benzene rings is 1. The molecule has 0 fully saturated rings. The number of carbonyl (C=O) groups is 1. The van der Waals surface area contributed by atoms with Gasteiger partial charge in [0.2, 0.25) is 0 Å². The number of aromatic amines is 1. The van der Waals surface area contributed by atoms with Crippen LogP contribution in [0, 0.1) is 0 Å². The van der Waals surface area contributed by atoms with E-state index in [2.05, 4.69) is 15.2 Å². The summed E-state index contributed by atoms with van der Waals surface area (Å²) >= 11 is 5.77. The smallest absolute Gasteiger partial charge is 0.334 e. The van der Waals surface area contributed by atoms with E-state index in [9.17, 15) is 18.0 Å². The van der Waals surface area contributed by atoms with Crippen molar-refractivity contribution < 1.29 is 18.0 Å². The predicted octanol–water partition coefficient (Wildman–Crippen LogP) is 2.75. The number of halogens is 4. The molecule has 1 aromatic heterocycles. The zero-order valence-corrected chi connectivity index (χ0v) is 11.5. The van der Waals surface area contributed by atoms with Crippen LogP contribution in [0.1, 0.15) is 21.7 Å². The molecule has 2 aromatic rings. The Labute approximate surface area is 122 Å². The molecule has 1 aromatic carbocycles. The van der Waals surface area contributed by atoms with E-state index in [0.29, 0.717) is 5.82 Å². The maximum Gasteiger partial charge on any atom is 0.416 e. The molecule has 1 amide bonds. The Kier molecular flexibility index (Phi) is 4.17. The van der Waals surface area contributed by atoms with Crippen molar-refractivity contribution in [1.29, 1.82) is 0 Å². The molecule has 1 heterocycles. The van der Waals surface area contributed by atoms with Crippen molar-refractivity contribution in [2.75, 3.05) is 7.05 Å². The second-order valence-electron chi connectivity index (χ2n) is 4.29. The van der Waals surface area contributed by atoms with Gasteiger partial charge in [-0.25, -0.2) is 4.98 Å². The quantitative estimate of drug-likeness (QED) is 0.946. The van der Waals surface area contributed by atoms with Gasteiger partial charge >= 0.3 is 6.18 Å². The van der Waals surface area contributed by atoms with E-state index in [-0.39, 0.29) is 17.1 Å². The van der Waals surface area contributed by atoms with Crippen molar-refractivity contribution >= 4 is 17.5 Å². The van der Waals surface area contributed by atoms with Crippen molar-refractivity contribution in [3.63, 3.8) is 0 Å². The van der Waals surface area contributed by atoms with E-state index >= 15 is 0 Å². The second kappa shape index (κ2) is 5.72. The summed E-state index contributed by atoms with van der Waals surface area (Å²) in [4.78, 5) is 17.3. The minimum atomic E-state index is -4.50. The highest BCUT2D eigenvalue weighted by molar-refractivity contribution is 6.33. The van der Waals surface area contributed by atoms with Crippen LogP contribution in [0.5, 0.6) is 0 Å². The second-order valence-corrected chi connectivity index (χ2v) is 4.69. The fourth-order valence-electron chi connectivity index (χ4n) is 1.67. The van der Waals surface area contributed by atoms with Crippen LogP contribution in [0.25, 0.3) is 0 Å². The topological polar surface area (TPSA) is 61.9 Å². The normalized spacial score (nSPS) is 11.5. The summed E-state index contributed by atoms with van der Waals surface area (Å²) in [6.07, 6.45) is -3.21. The molecule has 21 heavy (non-hydrogen) atoms. The zero-order chi connectivity index (χ0) is 15.6. The van der Waals surface area contributed by atoms with Gasteiger partial charge in [-0.1, -0.05) is 11.6 Å². The molecule has 0 atom stereocenters. The fourth-order valence-corrected chi connectivity index (χ4v) is 1.94.